The van der Waals surface area contributed by atoms with Crippen LogP contribution in [0.3, 0.4) is 0 Å². The molecule has 2 amide bonds. The van der Waals surface area contributed by atoms with Gasteiger partial charge in [-0.2, -0.15) is 0 Å². The number of thioether (sulfide) groups is 1. The van der Waals surface area contributed by atoms with Crippen LogP contribution >= 0.6 is 11.8 Å². The van der Waals surface area contributed by atoms with Crippen LogP contribution in [0.15, 0.2) is 76.0 Å². The van der Waals surface area contributed by atoms with Gasteiger partial charge in [0, 0.05) is 4.90 Å². The van der Waals surface area contributed by atoms with Crippen molar-refractivity contribution in [1.82, 2.24) is 10.9 Å². The molecule has 0 radical (unpaired) electrons. The largest absolute Gasteiger partial charge is 0.497 e. The number of benzene rings is 2. The Bertz CT molecular complexity index is 941. The summed E-state index contributed by atoms with van der Waals surface area (Å²) in [6.45, 7) is 0.197. The zero-order valence-electron chi connectivity index (χ0n) is 15.7. The van der Waals surface area contributed by atoms with Crippen molar-refractivity contribution >= 4 is 23.6 Å². The maximum absolute atomic E-state index is 12.1. The zero-order chi connectivity index (χ0) is 20.5. The highest BCUT2D eigenvalue weighted by atomic mass is 32.2. The summed E-state index contributed by atoms with van der Waals surface area (Å²) in [5.74, 6) is 1.31. The van der Waals surface area contributed by atoms with Crippen molar-refractivity contribution in [3.63, 3.8) is 0 Å². The van der Waals surface area contributed by atoms with Gasteiger partial charge in [0.1, 0.15) is 23.9 Å². The van der Waals surface area contributed by atoms with Gasteiger partial charge in [0.05, 0.1) is 12.9 Å². The zero-order valence-corrected chi connectivity index (χ0v) is 16.5. The molecule has 2 N–H and O–H groups in total. The number of para-hydroxylation sites is 1. The molecule has 8 heteroatoms. The van der Waals surface area contributed by atoms with Gasteiger partial charge in [-0.3, -0.25) is 20.4 Å². The Balaban J connectivity index is 1.40. The molecule has 0 spiro atoms. The van der Waals surface area contributed by atoms with E-state index in [0.29, 0.717) is 11.5 Å². The van der Waals surface area contributed by atoms with E-state index in [4.69, 9.17) is 13.9 Å². The third kappa shape index (κ3) is 6.32. The number of furan rings is 1. The topological polar surface area (TPSA) is 89.8 Å². The van der Waals surface area contributed by atoms with E-state index in [1.54, 1.807) is 13.2 Å². The van der Waals surface area contributed by atoms with E-state index in [1.165, 1.54) is 17.8 Å². The highest BCUT2D eigenvalue weighted by Crippen LogP contribution is 2.20. The predicted octanol–water partition coefficient (Wildman–Crippen LogP) is 3.42. The third-order valence-electron chi connectivity index (χ3n) is 3.75. The molecule has 0 unspecified atom stereocenters. The van der Waals surface area contributed by atoms with E-state index in [-0.39, 0.29) is 24.0 Å². The highest BCUT2D eigenvalue weighted by Gasteiger charge is 2.13. The summed E-state index contributed by atoms with van der Waals surface area (Å²) in [5.41, 5.74) is 4.70. The third-order valence-corrected chi connectivity index (χ3v) is 4.77. The lowest BCUT2D eigenvalue weighted by atomic mass is 10.3. The van der Waals surface area contributed by atoms with E-state index in [0.717, 1.165) is 10.6 Å². The Morgan fingerprint density at radius 3 is 2.41 bits per heavy atom. The van der Waals surface area contributed by atoms with Gasteiger partial charge in [-0.15, -0.1) is 11.8 Å². The van der Waals surface area contributed by atoms with Crippen LogP contribution in [0.25, 0.3) is 0 Å². The minimum atomic E-state index is -0.543. The summed E-state index contributed by atoms with van der Waals surface area (Å²) in [6, 6.07) is 19.8. The van der Waals surface area contributed by atoms with Crippen molar-refractivity contribution in [2.24, 2.45) is 0 Å². The van der Waals surface area contributed by atoms with Crippen LogP contribution in [0.2, 0.25) is 0 Å². The van der Waals surface area contributed by atoms with E-state index in [1.807, 2.05) is 54.6 Å². The number of hydrogen-bond donors (Lipinski definition) is 2. The molecule has 0 saturated heterocycles. The average Bonchev–Trinajstić information content (AvgIpc) is 3.25. The summed E-state index contributed by atoms with van der Waals surface area (Å²) in [5, 5.41) is 0. The number of carbonyl (C=O) groups is 2. The number of hydrazine groups is 1. The maximum atomic E-state index is 12.1. The van der Waals surface area contributed by atoms with Gasteiger partial charge in [0.25, 0.3) is 0 Å². The van der Waals surface area contributed by atoms with Crippen LogP contribution in [-0.2, 0) is 11.4 Å². The Morgan fingerprint density at radius 2 is 1.69 bits per heavy atom. The number of nitrogens with one attached hydrogen (secondary N) is 2. The normalized spacial score (nSPS) is 10.2. The lowest BCUT2D eigenvalue weighted by Gasteiger charge is -2.06. The average molecular weight is 412 g/mol. The molecule has 0 aliphatic rings. The van der Waals surface area contributed by atoms with Gasteiger partial charge in [0.2, 0.25) is 5.91 Å². The molecular weight excluding hydrogens is 392 g/mol. The number of ether oxygens (including phenoxy) is 2. The standard InChI is InChI=1S/C21H20N2O5S/c1-26-15-7-10-18(11-8-15)29-14-20(24)22-23-21(25)19-12-9-17(28-19)13-27-16-5-3-2-4-6-16/h2-12H,13-14H2,1H3,(H,22,24)(H,23,25). The van der Waals surface area contributed by atoms with E-state index >= 15 is 0 Å². The van der Waals surface area contributed by atoms with Crippen molar-refractivity contribution in [2.45, 2.75) is 11.5 Å². The number of rotatable bonds is 8. The minimum Gasteiger partial charge on any atom is -0.497 e. The molecule has 29 heavy (non-hydrogen) atoms. The molecule has 0 aliphatic heterocycles. The summed E-state index contributed by atoms with van der Waals surface area (Å²) in [7, 11) is 1.59. The molecule has 1 heterocycles. The first-order valence-corrected chi connectivity index (χ1v) is 9.75. The Kier molecular flexibility index (Phi) is 7.18. The fourth-order valence-corrected chi connectivity index (χ4v) is 2.99. The number of methoxy groups -OCH3 is 1. The Hall–Kier alpha value is -3.39. The van der Waals surface area contributed by atoms with Crippen LogP contribution in [0, 0.1) is 0 Å². The smallest absolute Gasteiger partial charge is 0.305 e. The van der Waals surface area contributed by atoms with Crippen LogP contribution in [0.1, 0.15) is 16.3 Å². The molecule has 1 aromatic heterocycles. The first-order chi connectivity index (χ1) is 14.1. The monoisotopic (exact) mass is 412 g/mol. The van der Waals surface area contributed by atoms with Crippen molar-refractivity contribution in [3.8, 4) is 11.5 Å². The quantitative estimate of drug-likeness (QED) is 0.435. The van der Waals surface area contributed by atoms with Gasteiger partial charge in [-0.1, -0.05) is 18.2 Å². The minimum absolute atomic E-state index is 0.0831. The fraction of sp³-hybridized carbons (Fsp3) is 0.143. The summed E-state index contributed by atoms with van der Waals surface area (Å²) >= 11 is 1.34. The Labute approximate surface area is 172 Å². The molecule has 7 nitrogen and oxygen atoms in total. The summed E-state index contributed by atoms with van der Waals surface area (Å²) < 4.78 is 16.1. The summed E-state index contributed by atoms with van der Waals surface area (Å²) in [6.07, 6.45) is 0. The molecule has 0 aliphatic carbocycles. The van der Waals surface area contributed by atoms with Crippen LogP contribution in [-0.4, -0.2) is 24.7 Å². The SMILES string of the molecule is COc1ccc(SCC(=O)NNC(=O)c2ccc(COc3ccccc3)o2)cc1. The molecule has 2 aromatic carbocycles. The van der Waals surface area contributed by atoms with Crippen molar-refractivity contribution in [2.75, 3.05) is 12.9 Å². The molecule has 0 fully saturated rings. The van der Waals surface area contributed by atoms with E-state index in [9.17, 15) is 9.59 Å². The first-order valence-electron chi connectivity index (χ1n) is 8.76. The van der Waals surface area contributed by atoms with E-state index < -0.39 is 5.91 Å². The van der Waals surface area contributed by atoms with Crippen molar-refractivity contribution in [3.05, 3.63) is 78.3 Å². The highest BCUT2D eigenvalue weighted by molar-refractivity contribution is 8.00. The van der Waals surface area contributed by atoms with Gasteiger partial charge in [0.15, 0.2) is 5.76 Å². The lowest BCUT2D eigenvalue weighted by Crippen LogP contribution is -2.42. The second-order valence-corrected chi connectivity index (χ2v) is 6.88. The molecule has 3 aromatic rings. The van der Waals surface area contributed by atoms with E-state index in [2.05, 4.69) is 10.9 Å². The molecule has 3 rings (SSSR count). The predicted molar refractivity (Wildman–Crippen MR) is 109 cm³/mol. The van der Waals surface area contributed by atoms with Gasteiger partial charge >= 0.3 is 5.91 Å². The number of hydrogen-bond acceptors (Lipinski definition) is 6. The van der Waals surface area contributed by atoms with Gasteiger partial charge in [-0.05, 0) is 48.5 Å². The molecular formula is C21H20N2O5S. The first kappa shape index (κ1) is 20.3. The van der Waals surface area contributed by atoms with Crippen LogP contribution < -0.4 is 20.3 Å². The van der Waals surface area contributed by atoms with Crippen LogP contribution in [0.4, 0.5) is 0 Å². The molecule has 150 valence electrons. The second-order valence-electron chi connectivity index (χ2n) is 5.83. The van der Waals surface area contributed by atoms with Crippen LogP contribution in [0.5, 0.6) is 11.5 Å². The fourth-order valence-electron chi connectivity index (χ4n) is 2.29. The molecule has 0 bridgehead atoms. The lowest BCUT2D eigenvalue weighted by molar-refractivity contribution is -0.119. The second kappa shape index (κ2) is 10.2. The van der Waals surface area contributed by atoms with Gasteiger partial charge in [-0.25, -0.2) is 0 Å². The number of amides is 2. The summed E-state index contributed by atoms with van der Waals surface area (Å²) in [4.78, 5) is 24.9. The molecule has 0 saturated carbocycles. The number of carbonyl (C=O) groups excluding carboxylic acids is 2. The van der Waals surface area contributed by atoms with Crippen molar-refractivity contribution in [1.29, 1.82) is 0 Å². The Morgan fingerprint density at radius 1 is 0.931 bits per heavy atom. The van der Waals surface area contributed by atoms with Crippen molar-refractivity contribution < 1.29 is 23.5 Å². The molecule has 0 atom stereocenters. The van der Waals surface area contributed by atoms with Gasteiger partial charge < -0.3 is 13.9 Å². The maximum Gasteiger partial charge on any atom is 0.305 e.